The Morgan fingerprint density at radius 1 is 1.58 bits per heavy atom. The fourth-order valence-corrected chi connectivity index (χ4v) is 0.836. The van der Waals surface area contributed by atoms with Gasteiger partial charge in [-0.3, -0.25) is 4.79 Å². The molecule has 1 atom stereocenters. The Kier molecular flexibility index (Phi) is 5.92. The Labute approximate surface area is 74.6 Å². The third kappa shape index (κ3) is 7.68. The lowest BCUT2D eigenvalue weighted by Crippen LogP contribution is -2.14. The van der Waals surface area contributed by atoms with Gasteiger partial charge in [0.05, 0.1) is 6.61 Å². The zero-order chi connectivity index (χ0) is 9.56. The third-order valence-electron chi connectivity index (χ3n) is 1.20. The molecule has 72 valence electrons. The van der Waals surface area contributed by atoms with Gasteiger partial charge in [0.1, 0.15) is 5.75 Å². The van der Waals surface area contributed by atoms with Gasteiger partial charge in [0.2, 0.25) is 0 Å². The van der Waals surface area contributed by atoms with Crippen molar-refractivity contribution in [1.29, 1.82) is 0 Å². The van der Waals surface area contributed by atoms with Crippen LogP contribution in [0.5, 0.6) is 0 Å². The molecule has 0 radical (unpaired) electrons. The molecule has 0 aromatic heterocycles. The van der Waals surface area contributed by atoms with Crippen molar-refractivity contribution in [2.45, 2.75) is 20.3 Å². The van der Waals surface area contributed by atoms with E-state index in [1.54, 1.807) is 0 Å². The highest BCUT2D eigenvalue weighted by atomic mass is 32.2. The summed E-state index contributed by atoms with van der Waals surface area (Å²) in [5, 5.41) is 0. The summed E-state index contributed by atoms with van der Waals surface area (Å²) in [6.07, 6.45) is 0.782. The zero-order valence-electron chi connectivity index (χ0n) is 7.28. The van der Waals surface area contributed by atoms with Crippen LogP contribution in [0, 0.1) is 5.92 Å². The molecule has 0 saturated carbocycles. The highest BCUT2D eigenvalue weighted by molar-refractivity contribution is 7.80. The number of hydrogen-bond acceptors (Lipinski definition) is 3. The average molecular weight is 194 g/mol. The van der Waals surface area contributed by atoms with Gasteiger partial charge in [0, 0.05) is 0 Å². The van der Waals surface area contributed by atoms with Crippen molar-refractivity contribution >= 4 is 17.0 Å². The largest absolute Gasteiger partial charge is 0.465 e. The molecule has 0 aliphatic heterocycles. The van der Waals surface area contributed by atoms with Gasteiger partial charge in [-0.05, 0) is 12.3 Å². The molecule has 0 aromatic carbocycles. The first kappa shape index (κ1) is 11.6. The van der Waals surface area contributed by atoms with Crippen LogP contribution in [0.1, 0.15) is 20.3 Å². The van der Waals surface area contributed by atoms with Gasteiger partial charge >= 0.3 is 5.97 Å². The van der Waals surface area contributed by atoms with Crippen LogP contribution >= 0.6 is 0 Å². The van der Waals surface area contributed by atoms with E-state index >= 15 is 0 Å². The molecule has 5 heteroatoms. The highest BCUT2D eigenvalue weighted by Gasteiger charge is 2.06. The summed E-state index contributed by atoms with van der Waals surface area (Å²) < 4.78 is 23.1. The quantitative estimate of drug-likeness (QED) is 0.519. The molecule has 0 fully saturated rings. The van der Waals surface area contributed by atoms with Gasteiger partial charge in [0.15, 0.2) is 11.1 Å². The van der Waals surface area contributed by atoms with Crippen molar-refractivity contribution in [1.82, 2.24) is 0 Å². The second kappa shape index (κ2) is 6.14. The Morgan fingerprint density at radius 3 is 2.58 bits per heavy atom. The first-order valence-corrected chi connectivity index (χ1v) is 5.03. The number of carbonyl (C=O) groups excluding carboxylic acids is 1. The molecule has 0 rings (SSSR count). The van der Waals surface area contributed by atoms with E-state index in [2.05, 4.69) is 4.74 Å². The summed E-state index contributed by atoms with van der Waals surface area (Å²) in [6.45, 7) is 4.35. The average Bonchev–Trinajstić information content (AvgIpc) is 1.84. The molecular weight excluding hydrogens is 180 g/mol. The van der Waals surface area contributed by atoms with Gasteiger partial charge < -0.3 is 9.29 Å². The van der Waals surface area contributed by atoms with Gasteiger partial charge in [-0.15, -0.1) is 0 Å². The van der Waals surface area contributed by atoms with E-state index in [0.29, 0.717) is 12.5 Å². The van der Waals surface area contributed by atoms with Crippen molar-refractivity contribution < 1.29 is 18.3 Å². The van der Waals surface area contributed by atoms with E-state index < -0.39 is 22.8 Å². The van der Waals surface area contributed by atoms with Crippen molar-refractivity contribution in [2.75, 3.05) is 12.4 Å². The number of carbonyl (C=O) groups is 1. The summed E-state index contributed by atoms with van der Waals surface area (Å²) in [5.74, 6) is -0.577. The minimum absolute atomic E-state index is 0.327. The van der Waals surface area contributed by atoms with E-state index in [-0.39, 0.29) is 0 Å². The van der Waals surface area contributed by atoms with Crippen LogP contribution in [-0.2, 0) is 20.6 Å². The van der Waals surface area contributed by atoms with E-state index in [0.717, 1.165) is 6.42 Å². The van der Waals surface area contributed by atoms with Crippen LogP contribution < -0.4 is 0 Å². The monoisotopic (exact) mass is 194 g/mol. The van der Waals surface area contributed by atoms with Crippen LogP contribution in [0.2, 0.25) is 0 Å². The van der Waals surface area contributed by atoms with Crippen molar-refractivity contribution in [3.05, 3.63) is 0 Å². The smallest absolute Gasteiger partial charge is 0.320 e. The SMILES string of the molecule is CC(C)CCOC(=O)CS(=O)O. The molecule has 0 aliphatic carbocycles. The number of hydrogen-bond donors (Lipinski definition) is 1. The van der Waals surface area contributed by atoms with Crippen LogP contribution in [0.4, 0.5) is 0 Å². The molecule has 0 saturated heterocycles. The summed E-state index contributed by atoms with van der Waals surface area (Å²) in [4.78, 5) is 10.7. The predicted octanol–water partition coefficient (Wildman–Crippen LogP) is 0.797. The fraction of sp³-hybridized carbons (Fsp3) is 0.857. The van der Waals surface area contributed by atoms with Crippen LogP contribution in [0.15, 0.2) is 0 Å². The van der Waals surface area contributed by atoms with E-state index in [9.17, 15) is 9.00 Å². The standard InChI is InChI=1S/C7H14O4S/c1-6(2)3-4-11-7(8)5-12(9)10/h6H,3-5H2,1-2H3,(H,9,10). The molecule has 0 bridgehead atoms. The lowest BCUT2D eigenvalue weighted by molar-refractivity contribution is -0.140. The predicted molar refractivity (Wildman–Crippen MR) is 46.1 cm³/mol. The molecule has 0 aromatic rings. The maximum atomic E-state index is 10.7. The number of esters is 1. The lowest BCUT2D eigenvalue weighted by Gasteiger charge is -2.04. The fourth-order valence-electron chi connectivity index (χ4n) is 0.551. The Hall–Kier alpha value is -0.420. The molecule has 4 nitrogen and oxygen atoms in total. The van der Waals surface area contributed by atoms with Crippen LogP contribution in [-0.4, -0.2) is 27.1 Å². The second-order valence-corrected chi connectivity index (χ2v) is 3.80. The molecule has 0 aliphatic rings. The van der Waals surface area contributed by atoms with Crippen molar-refractivity contribution in [3.63, 3.8) is 0 Å². The first-order chi connectivity index (χ1) is 5.52. The third-order valence-corrected chi connectivity index (χ3v) is 1.68. The number of rotatable bonds is 5. The zero-order valence-corrected chi connectivity index (χ0v) is 8.10. The summed E-state index contributed by atoms with van der Waals surface area (Å²) in [5.41, 5.74) is 0. The van der Waals surface area contributed by atoms with Crippen molar-refractivity contribution in [2.24, 2.45) is 5.92 Å². The minimum Gasteiger partial charge on any atom is -0.465 e. The van der Waals surface area contributed by atoms with Crippen LogP contribution in [0.25, 0.3) is 0 Å². The van der Waals surface area contributed by atoms with Gasteiger partial charge in [-0.2, -0.15) is 0 Å². The maximum absolute atomic E-state index is 10.7. The first-order valence-electron chi connectivity index (χ1n) is 3.75. The molecule has 12 heavy (non-hydrogen) atoms. The normalized spacial score (nSPS) is 13.0. The van der Waals surface area contributed by atoms with Gasteiger partial charge in [0.25, 0.3) is 0 Å². The van der Waals surface area contributed by atoms with E-state index in [4.69, 9.17) is 4.55 Å². The lowest BCUT2D eigenvalue weighted by atomic mass is 10.1. The van der Waals surface area contributed by atoms with Crippen molar-refractivity contribution in [3.8, 4) is 0 Å². The molecule has 1 unspecified atom stereocenters. The van der Waals surface area contributed by atoms with Gasteiger partial charge in [-0.1, -0.05) is 13.8 Å². The second-order valence-electron chi connectivity index (χ2n) is 2.87. The minimum atomic E-state index is -2.08. The van der Waals surface area contributed by atoms with E-state index in [1.807, 2.05) is 13.8 Å². The molecule has 0 spiro atoms. The Morgan fingerprint density at radius 2 is 2.17 bits per heavy atom. The number of ether oxygens (including phenoxy) is 1. The Balaban J connectivity index is 3.38. The van der Waals surface area contributed by atoms with E-state index in [1.165, 1.54) is 0 Å². The Bertz CT molecular complexity index is 167. The van der Waals surface area contributed by atoms with Crippen LogP contribution in [0.3, 0.4) is 0 Å². The summed E-state index contributed by atoms with van der Waals surface area (Å²) in [7, 11) is 0. The summed E-state index contributed by atoms with van der Waals surface area (Å²) in [6, 6.07) is 0. The molecule has 0 heterocycles. The highest BCUT2D eigenvalue weighted by Crippen LogP contribution is 1.98. The summed E-state index contributed by atoms with van der Waals surface area (Å²) >= 11 is -2.08. The topological polar surface area (TPSA) is 63.6 Å². The molecule has 0 amide bonds. The molecular formula is C7H14O4S. The maximum Gasteiger partial charge on any atom is 0.320 e. The molecule has 1 N–H and O–H groups in total. The van der Waals surface area contributed by atoms with Gasteiger partial charge in [-0.25, -0.2) is 4.21 Å².